The Balaban J connectivity index is 1.21. The standard InChI is InChI=1S/C30H33N3O4/c34-21-22-10-11-27-24(20-22)12-17-32(29(27)35)19-18-31-15-13-25(14-16-31)33(30(36)37)28-9-5-4-8-26(28)23-6-2-1-3-7-23/h1-11,20,25,34H,12-19,21H2,(H,36,37). The molecule has 2 aliphatic heterocycles. The van der Waals surface area contributed by atoms with E-state index in [0.29, 0.717) is 13.1 Å². The van der Waals surface area contributed by atoms with Crippen LogP contribution >= 0.6 is 0 Å². The minimum atomic E-state index is -0.927. The number of hydrogen-bond donors (Lipinski definition) is 2. The van der Waals surface area contributed by atoms with Gasteiger partial charge in [-0.15, -0.1) is 0 Å². The molecule has 0 unspecified atom stereocenters. The summed E-state index contributed by atoms with van der Waals surface area (Å²) in [5, 5.41) is 19.5. The second-order valence-electron chi connectivity index (χ2n) is 9.80. The molecule has 0 atom stereocenters. The van der Waals surface area contributed by atoms with Gasteiger partial charge in [0.05, 0.1) is 12.3 Å². The number of rotatable bonds is 7. The van der Waals surface area contributed by atoms with E-state index in [9.17, 15) is 19.8 Å². The summed E-state index contributed by atoms with van der Waals surface area (Å²) in [5.41, 5.74) is 5.23. The van der Waals surface area contributed by atoms with Gasteiger partial charge in [0.15, 0.2) is 0 Å². The monoisotopic (exact) mass is 499 g/mol. The number of amides is 2. The van der Waals surface area contributed by atoms with Crippen LogP contribution in [0.4, 0.5) is 10.5 Å². The number of aliphatic hydroxyl groups excluding tert-OH is 1. The summed E-state index contributed by atoms with van der Waals surface area (Å²) in [7, 11) is 0. The Bertz CT molecular complexity index is 1250. The fourth-order valence-electron chi connectivity index (χ4n) is 5.57. The van der Waals surface area contributed by atoms with Crippen LogP contribution < -0.4 is 4.90 Å². The van der Waals surface area contributed by atoms with Gasteiger partial charge in [0.25, 0.3) is 5.91 Å². The number of aliphatic hydroxyl groups is 1. The Labute approximate surface area is 217 Å². The van der Waals surface area contributed by atoms with E-state index in [4.69, 9.17) is 0 Å². The molecular weight excluding hydrogens is 466 g/mol. The van der Waals surface area contributed by atoms with Crippen LogP contribution in [0.15, 0.2) is 72.8 Å². The lowest BCUT2D eigenvalue weighted by molar-refractivity contribution is 0.0709. The van der Waals surface area contributed by atoms with Crippen LogP contribution in [0.3, 0.4) is 0 Å². The number of carboxylic acid groups (broad SMARTS) is 1. The first kappa shape index (κ1) is 25.0. The quantitative estimate of drug-likeness (QED) is 0.500. The van der Waals surface area contributed by atoms with Gasteiger partial charge in [-0.1, -0.05) is 60.7 Å². The van der Waals surface area contributed by atoms with Gasteiger partial charge in [-0.25, -0.2) is 4.79 Å². The second-order valence-corrected chi connectivity index (χ2v) is 9.80. The first-order chi connectivity index (χ1) is 18.0. The van der Waals surface area contributed by atoms with E-state index in [0.717, 1.165) is 72.4 Å². The third-order valence-electron chi connectivity index (χ3n) is 7.58. The van der Waals surface area contributed by atoms with E-state index in [1.54, 1.807) is 4.90 Å². The lowest BCUT2D eigenvalue weighted by Gasteiger charge is -2.39. The van der Waals surface area contributed by atoms with Gasteiger partial charge in [0.1, 0.15) is 0 Å². The Morgan fingerprint density at radius 2 is 1.62 bits per heavy atom. The lowest BCUT2D eigenvalue weighted by Crippen LogP contribution is -2.49. The Morgan fingerprint density at radius 3 is 2.35 bits per heavy atom. The topological polar surface area (TPSA) is 84.3 Å². The molecular formula is C30H33N3O4. The van der Waals surface area contributed by atoms with Crippen LogP contribution in [-0.2, 0) is 13.0 Å². The second kappa shape index (κ2) is 11.2. The maximum Gasteiger partial charge on any atom is 0.412 e. The molecule has 5 rings (SSSR count). The number of likely N-dealkylation sites (tertiary alicyclic amines) is 1. The van der Waals surface area contributed by atoms with E-state index >= 15 is 0 Å². The van der Waals surface area contributed by atoms with E-state index < -0.39 is 6.09 Å². The number of nitrogens with zero attached hydrogens (tertiary/aromatic N) is 3. The minimum absolute atomic E-state index is 0.0156. The first-order valence-corrected chi connectivity index (χ1v) is 13.0. The SMILES string of the molecule is O=C1c2ccc(CO)cc2CCN1CCN1CCC(N(C(=O)O)c2ccccc2-c2ccccc2)CC1. The highest BCUT2D eigenvalue weighted by atomic mass is 16.4. The van der Waals surface area contributed by atoms with Crippen molar-refractivity contribution in [3.05, 3.63) is 89.5 Å². The van der Waals surface area contributed by atoms with Gasteiger partial charge >= 0.3 is 6.09 Å². The molecule has 0 aliphatic carbocycles. The lowest BCUT2D eigenvalue weighted by atomic mass is 9.96. The molecule has 0 aromatic heterocycles. The number of benzene rings is 3. The van der Waals surface area contributed by atoms with Crippen molar-refractivity contribution in [2.45, 2.75) is 31.9 Å². The number of carbonyl (C=O) groups is 2. The predicted octanol–water partition coefficient (Wildman–Crippen LogP) is 4.49. The summed E-state index contributed by atoms with van der Waals surface area (Å²) in [6, 6.07) is 23.1. The largest absolute Gasteiger partial charge is 0.465 e. The van der Waals surface area contributed by atoms with Crippen LogP contribution in [0.1, 0.15) is 34.3 Å². The van der Waals surface area contributed by atoms with E-state index in [-0.39, 0.29) is 18.6 Å². The number of anilines is 1. The number of piperidine rings is 1. The molecule has 7 nitrogen and oxygen atoms in total. The molecule has 2 N–H and O–H groups in total. The zero-order valence-corrected chi connectivity index (χ0v) is 20.9. The van der Waals surface area contributed by atoms with Crippen molar-refractivity contribution in [2.75, 3.05) is 37.6 Å². The highest BCUT2D eigenvalue weighted by molar-refractivity contribution is 5.97. The number of para-hydroxylation sites is 1. The van der Waals surface area contributed by atoms with Crippen molar-refractivity contribution in [1.82, 2.24) is 9.80 Å². The zero-order valence-electron chi connectivity index (χ0n) is 20.9. The molecule has 37 heavy (non-hydrogen) atoms. The molecule has 0 spiro atoms. The van der Waals surface area contributed by atoms with Gasteiger partial charge in [-0.3, -0.25) is 9.69 Å². The van der Waals surface area contributed by atoms with E-state index in [2.05, 4.69) is 4.90 Å². The van der Waals surface area contributed by atoms with Crippen molar-refractivity contribution < 1.29 is 19.8 Å². The molecule has 0 radical (unpaired) electrons. The summed E-state index contributed by atoms with van der Waals surface area (Å²) < 4.78 is 0. The maximum absolute atomic E-state index is 13.0. The summed E-state index contributed by atoms with van der Waals surface area (Å²) >= 11 is 0. The van der Waals surface area contributed by atoms with Crippen LogP contribution in [0.2, 0.25) is 0 Å². The highest BCUT2D eigenvalue weighted by Crippen LogP contribution is 2.34. The molecule has 192 valence electrons. The Morgan fingerprint density at radius 1 is 0.892 bits per heavy atom. The molecule has 0 bridgehead atoms. The average Bonchev–Trinajstić information content (AvgIpc) is 2.94. The molecule has 2 aliphatic rings. The first-order valence-electron chi connectivity index (χ1n) is 13.0. The fraction of sp³-hybridized carbons (Fsp3) is 0.333. The van der Waals surface area contributed by atoms with Gasteiger partial charge in [-0.05, 0) is 48.1 Å². The summed E-state index contributed by atoms with van der Waals surface area (Å²) in [6.45, 7) is 3.68. The van der Waals surface area contributed by atoms with Crippen LogP contribution in [-0.4, -0.2) is 70.8 Å². The van der Waals surface area contributed by atoms with Crippen LogP contribution in [0.25, 0.3) is 11.1 Å². The zero-order chi connectivity index (χ0) is 25.8. The van der Waals surface area contributed by atoms with Crippen molar-refractivity contribution in [3.8, 4) is 11.1 Å². The fourth-order valence-corrected chi connectivity index (χ4v) is 5.57. The minimum Gasteiger partial charge on any atom is -0.465 e. The molecule has 1 saturated heterocycles. The summed E-state index contributed by atoms with van der Waals surface area (Å²) in [5.74, 6) is 0.0511. The summed E-state index contributed by atoms with van der Waals surface area (Å²) in [6.07, 6.45) is 1.36. The third-order valence-corrected chi connectivity index (χ3v) is 7.58. The van der Waals surface area contributed by atoms with Crippen LogP contribution in [0.5, 0.6) is 0 Å². The van der Waals surface area contributed by atoms with E-state index in [1.807, 2.05) is 77.7 Å². The van der Waals surface area contributed by atoms with Crippen LogP contribution in [0, 0.1) is 0 Å². The number of carbonyl (C=O) groups excluding carboxylic acids is 1. The van der Waals surface area contributed by atoms with Crippen molar-refractivity contribution in [2.24, 2.45) is 0 Å². The highest BCUT2D eigenvalue weighted by Gasteiger charge is 2.31. The van der Waals surface area contributed by atoms with Gasteiger partial charge in [0, 0.05) is 49.9 Å². The van der Waals surface area contributed by atoms with Crippen molar-refractivity contribution >= 4 is 17.7 Å². The van der Waals surface area contributed by atoms with Gasteiger partial charge in [0.2, 0.25) is 0 Å². The van der Waals surface area contributed by atoms with Crippen molar-refractivity contribution in [1.29, 1.82) is 0 Å². The normalized spacial score (nSPS) is 16.5. The maximum atomic E-state index is 13.0. The third kappa shape index (κ3) is 5.38. The molecule has 3 aromatic carbocycles. The van der Waals surface area contributed by atoms with E-state index in [1.165, 1.54) is 0 Å². The molecule has 0 saturated carbocycles. The molecule has 2 heterocycles. The molecule has 1 fully saturated rings. The molecule has 7 heteroatoms. The molecule has 2 amide bonds. The smallest absolute Gasteiger partial charge is 0.412 e. The molecule has 3 aromatic rings. The van der Waals surface area contributed by atoms with Crippen molar-refractivity contribution in [3.63, 3.8) is 0 Å². The number of fused-ring (bicyclic) bond motifs is 1. The Hall–Kier alpha value is -3.68. The summed E-state index contributed by atoms with van der Waals surface area (Å²) in [4.78, 5) is 31.2. The van der Waals surface area contributed by atoms with Gasteiger partial charge < -0.3 is 20.0 Å². The average molecular weight is 500 g/mol. The van der Waals surface area contributed by atoms with Gasteiger partial charge in [-0.2, -0.15) is 0 Å². The number of hydrogen-bond acceptors (Lipinski definition) is 4. The Kier molecular flexibility index (Phi) is 7.53. The predicted molar refractivity (Wildman–Crippen MR) is 144 cm³/mol.